The molecule has 156 valence electrons. The molecule has 31 heavy (non-hydrogen) atoms. The zero-order valence-corrected chi connectivity index (χ0v) is 17.5. The Kier molecular flexibility index (Phi) is 5.65. The fourth-order valence-electron chi connectivity index (χ4n) is 4.19. The van der Waals surface area contributed by atoms with Crippen molar-refractivity contribution in [1.82, 2.24) is 10.2 Å². The Labute approximate surface area is 182 Å². The number of morpholine rings is 1. The van der Waals surface area contributed by atoms with Crippen molar-refractivity contribution >= 4 is 27.5 Å². The molecule has 1 heterocycles. The van der Waals surface area contributed by atoms with E-state index in [1.165, 1.54) is 21.5 Å². The van der Waals surface area contributed by atoms with E-state index in [1.54, 1.807) is 0 Å². The maximum Gasteiger partial charge on any atom is 0.251 e. The minimum absolute atomic E-state index is 0.0233. The molecule has 4 nitrogen and oxygen atoms in total. The van der Waals surface area contributed by atoms with Crippen LogP contribution in [0.3, 0.4) is 0 Å². The van der Waals surface area contributed by atoms with E-state index in [0.717, 1.165) is 44.0 Å². The lowest BCUT2D eigenvalue weighted by Crippen LogP contribution is -2.41. The molecule has 0 bridgehead atoms. The topological polar surface area (TPSA) is 41.6 Å². The van der Waals surface area contributed by atoms with Crippen molar-refractivity contribution in [3.8, 4) is 11.1 Å². The summed E-state index contributed by atoms with van der Waals surface area (Å²) in [5, 5.41) is 7.99. The van der Waals surface area contributed by atoms with Crippen LogP contribution in [0.15, 0.2) is 78.9 Å². The largest absolute Gasteiger partial charge is 0.379 e. The van der Waals surface area contributed by atoms with Crippen LogP contribution in [0, 0.1) is 0 Å². The Hall–Kier alpha value is -3.21. The number of rotatable bonds is 5. The number of carbonyl (C=O) groups excluding carboxylic acids is 1. The van der Waals surface area contributed by atoms with Crippen LogP contribution in [-0.4, -0.2) is 50.2 Å². The highest BCUT2D eigenvalue weighted by molar-refractivity contribution is 6.00. The predicted molar refractivity (Wildman–Crippen MR) is 126 cm³/mol. The van der Waals surface area contributed by atoms with Gasteiger partial charge >= 0.3 is 0 Å². The van der Waals surface area contributed by atoms with Crippen molar-refractivity contribution in [2.75, 3.05) is 39.4 Å². The van der Waals surface area contributed by atoms with Crippen LogP contribution in [0.4, 0.5) is 0 Å². The van der Waals surface area contributed by atoms with Gasteiger partial charge in [-0.25, -0.2) is 0 Å². The summed E-state index contributed by atoms with van der Waals surface area (Å²) >= 11 is 0. The summed E-state index contributed by atoms with van der Waals surface area (Å²) < 4.78 is 5.36. The number of benzene rings is 4. The molecule has 1 N–H and O–H groups in total. The lowest BCUT2D eigenvalue weighted by molar-refractivity contribution is 0.0383. The van der Waals surface area contributed by atoms with Gasteiger partial charge in [-0.3, -0.25) is 9.69 Å². The molecule has 0 atom stereocenters. The van der Waals surface area contributed by atoms with Gasteiger partial charge in [0.25, 0.3) is 5.91 Å². The molecule has 1 saturated heterocycles. The molecule has 4 aromatic rings. The molecule has 1 aliphatic rings. The Morgan fingerprint density at radius 1 is 0.774 bits per heavy atom. The van der Waals surface area contributed by atoms with E-state index in [9.17, 15) is 4.79 Å². The van der Waals surface area contributed by atoms with Gasteiger partial charge in [-0.15, -0.1) is 0 Å². The van der Waals surface area contributed by atoms with Gasteiger partial charge in [-0.2, -0.15) is 0 Å². The molecule has 0 aliphatic carbocycles. The van der Waals surface area contributed by atoms with Crippen molar-refractivity contribution in [3.05, 3.63) is 84.4 Å². The zero-order chi connectivity index (χ0) is 21.0. The molecule has 4 heteroatoms. The summed E-state index contributed by atoms with van der Waals surface area (Å²) in [5.41, 5.74) is 2.96. The second-order valence-electron chi connectivity index (χ2n) is 8.05. The Morgan fingerprint density at radius 2 is 1.42 bits per heavy atom. The fraction of sp³-hybridized carbons (Fsp3) is 0.222. The summed E-state index contributed by atoms with van der Waals surface area (Å²) in [6.07, 6.45) is 0. The van der Waals surface area contributed by atoms with E-state index in [4.69, 9.17) is 4.74 Å². The Balaban J connectivity index is 1.28. The Bertz CT molecular complexity index is 1210. The molecular formula is C27H26N2O2. The molecule has 0 radical (unpaired) electrons. The number of amides is 1. The summed E-state index contributed by atoms with van der Waals surface area (Å²) in [4.78, 5) is 14.8. The highest BCUT2D eigenvalue weighted by Crippen LogP contribution is 2.28. The third-order valence-electron chi connectivity index (χ3n) is 6.00. The average molecular weight is 411 g/mol. The number of nitrogens with zero attached hydrogens (tertiary/aromatic N) is 1. The molecule has 1 aliphatic heterocycles. The van der Waals surface area contributed by atoms with Crippen molar-refractivity contribution in [2.45, 2.75) is 0 Å². The molecule has 5 rings (SSSR count). The summed E-state index contributed by atoms with van der Waals surface area (Å²) in [7, 11) is 0. The first-order chi connectivity index (χ1) is 15.3. The highest BCUT2D eigenvalue weighted by atomic mass is 16.5. The molecule has 0 spiro atoms. The second kappa shape index (κ2) is 8.88. The monoisotopic (exact) mass is 410 g/mol. The summed E-state index contributed by atoms with van der Waals surface area (Å²) in [6.45, 7) is 4.94. The molecule has 0 aromatic heterocycles. The number of hydrogen-bond donors (Lipinski definition) is 1. The van der Waals surface area contributed by atoms with Crippen molar-refractivity contribution in [3.63, 3.8) is 0 Å². The first-order valence-corrected chi connectivity index (χ1v) is 10.9. The number of carbonyl (C=O) groups is 1. The number of hydrogen-bond acceptors (Lipinski definition) is 3. The number of ether oxygens (including phenoxy) is 1. The molecule has 1 amide bonds. The maximum absolute atomic E-state index is 12.5. The van der Waals surface area contributed by atoms with Crippen molar-refractivity contribution in [2.24, 2.45) is 0 Å². The summed E-state index contributed by atoms with van der Waals surface area (Å²) in [5.74, 6) is -0.0233. The SMILES string of the molecule is O=C(NCCN1CCOCC1)c1ccc(-c2ccc3cc4ccccc4cc3c2)cc1. The van der Waals surface area contributed by atoms with E-state index >= 15 is 0 Å². The van der Waals surface area contributed by atoms with Crippen LogP contribution >= 0.6 is 0 Å². The average Bonchev–Trinajstić information content (AvgIpc) is 2.83. The third-order valence-corrected chi connectivity index (χ3v) is 6.00. The first kappa shape index (κ1) is 19.7. The van der Waals surface area contributed by atoms with Gasteiger partial charge in [-0.05, 0) is 63.0 Å². The minimum Gasteiger partial charge on any atom is -0.379 e. The van der Waals surface area contributed by atoms with Crippen molar-refractivity contribution in [1.29, 1.82) is 0 Å². The van der Waals surface area contributed by atoms with Gasteiger partial charge in [0.05, 0.1) is 13.2 Å². The fourth-order valence-corrected chi connectivity index (χ4v) is 4.19. The molecule has 0 unspecified atom stereocenters. The first-order valence-electron chi connectivity index (χ1n) is 10.9. The van der Waals surface area contributed by atoms with Gasteiger partial charge < -0.3 is 10.1 Å². The van der Waals surface area contributed by atoms with Crippen LogP contribution in [-0.2, 0) is 4.74 Å². The van der Waals surface area contributed by atoms with Crippen molar-refractivity contribution < 1.29 is 9.53 Å². The van der Waals surface area contributed by atoms with Gasteiger partial charge in [-0.1, -0.05) is 48.5 Å². The summed E-state index contributed by atoms with van der Waals surface area (Å²) in [6, 6.07) is 27.3. The highest BCUT2D eigenvalue weighted by Gasteiger charge is 2.11. The predicted octanol–water partition coefficient (Wildman–Crippen LogP) is 4.72. The van der Waals surface area contributed by atoms with E-state index in [0.29, 0.717) is 12.1 Å². The lowest BCUT2D eigenvalue weighted by atomic mass is 9.98. The quantitative estimate of drug-likeness (QED) is 0.484. The van der Waals surface area contributed by atoms with Crippen LogP contribution in [0.1, 0.15) is 10.4 Å². The lowest BCUT2D eigenvalue weighted by Gasteiger charge is -2.26. The minimum atomic E-state index is -0.0233. The normalized spacial score (nSPS) is 14.7. The van der Waals surface area contributed by atoms with E-state index in [-0.39, 0.29) is 5.91 Å². The number of nitrogens with one attached hydrogen (secondary N) is 1. The smallest absolute Gasteiger partial charge is 0.251 e. The van der Waals surface area contributed by atoms with Crippen LogP contribution in [0.25, 0.3) is 32.7 Å². The van der Waals surface area contributed by atoms with Gasteiger partial charge in [0.15, 0.2) is 0 Å². The zero-order valence-electron chi connectivity index (χ0n) is 17.5. The molecule has 4 aromatic carbocycles. The molecule has 1 fully saturated rings. The maximum atomic E-state index is 12.5. The molecule has 0 saturated carbocycles. The van der Waals surface area contributed by atoms with E-state index in [2.05, 4.69) is 64.8 Å². The second-order valence-corrected chi connectivity index (χ2v) is 8.05. The number of fused-ring (bicyclic) bond motifs is 2. The van der Waals surface area contributed by atoms with Gasteiger partial charge in [0.2, 0.25) is 0 Å². The van der Waals surface area contributed by atoms with Crippen LogP contribution in [0.5, 0.6) is 0 Å². The molecular weight excluding hydrogens is 384 g/mol. The van der Waals surface area contributed by atoms with Gasteiger partial charge in [0.1, 0.15) is 0 Å². The Morgan fingerprint density at radius 3 is 2.16 bits per heavy atom. The van der Waals surface area contributed by atoms with E-state index in [1.807, 2.05) is 24.3 Å². The standard InChI is InChI=1S/C27H26N2O2/c30-27(28-11-12-29-13-15-31-16-14-29)21-7-5-20(6-8-21)24-9-10-25-17-22-3-1-2-4-23(22)18-26(25)19-24/h1-10,17-19H,11-16H2,(H,28,30). The van der Waals surface area contributed by atoms with Gasteiger partial charge in [0, 0.05) is 31.7 Å². The van der Waals surface area contributed by atoms with E-state index < -0.39 is 0 Å². The van der Waals surface area contributed by atoms with Crippen LogP contribution < -0.4 is 5.32 Å². The third kappa shape index (κ3) is 4.46. The van der Waals surface area contributed by atoms with Crippen LogP contribution in [0.2, 0.25) is 0 Å².